The fourth-order valence-electron chi connectivity index (χ4n) is 2.02. The van der Waals surface area contributed by atoms with Gasteiger partial charge in [-0.15, -0.1) is 46.7 Å². The van der Waals surface area contributed by atoms with Crippen molar-refractivity contribution in [2.24, 2.45) is 4.99 Å². The van der Waals surface area contributed by atoms with Crippen LogP contribution in [0.25, 0.3) is 0 Å². The number of thiophene rings is 1. The van der Waals surface area contributed by atoms with Crippen molar-refractivity contribution in [2.75, 3.05) is 7.05 Å². The maximum atomic E-state index is 4.44. The lowest BCUT2D eigenvalue weighted by Gasteiger charge is -2.16. The van der Waals surface area contributed by atoms with Crippen LogP contribution < -0.4 is 10.6 Å². The van der Waals surface area contributed by atoms with E-state index in [1.807, 2.05) is 18.3 Å². The standard InChI is InChI=1S/C15H22N4S2.HI/c1-10(7-13-6-5-12(3)21-13)19-15(16-4)17-8-14-18-11(2)9-20-14;/h5-6,9-10H,7-8H2,1-4H3,(H2,16,17,19);1H. The van der Waals surface area contributed by atoms with E-state index in [0.717, 1.165) is 23.1 Å². The van der Waals surface area contributed by atoms with Crippen LogP contribution in [-0.4, -0.2) is 24.0 Å². The Morgan fingerprint density at radius 1 is 1.36 bits per heavy atom. The van der Waals surface area contributed by atoms with Crippen molar-refractivity contribution < 1.29 is 0 Å². The first-order chi connectivity index (χ1) is 10.1. The summed E-state index contributed by atoms with van der Waals surface area (Å²) in [5, 5.41) is 9.88. The monoisotopic (exact) mass is 450 g/mol. The summed E-state index contributed by atoms with van der Waals surface area (Å²) in [7, 11) is 1.80. The van der Waals surface area contributed by atoms with Gasteiger partial charge in [0.25, 0.3) is 0 Å². The summed E-state index contributed by atoms with van der Waals surface area (Å²) in [4.78, 5) is 11.5. The third-order valence-corrected chi connectivity index (χ3v) is 4.97. The average molecular weight is 450 g/mol. The molecule has 7 heteroatoms. The van der Waals surface area contributed by atoms with Gasteiger partial charge in [-0.3, -0.25) is 4.99 Å². The molecule has 4 nitrogen and oxygen atoms in total. The second-order valence-corrected chi connectivity index (χ2v) is 7.39. The van der Waals surface area contributed by atoms with E-state index in [0.29, 0.717) is 12.6 Å². The highest BCUT2D eigenvalue weighted by molar-refractivity contribution is 14.0. The fraction of sp³-hybridized carbons (Fsp3) is 0.467. The third-order valence-electron chi connectivity index (χ3n) is 2.98. The van der Waals surface area contributed by atoms with E-state index in [9.17, 15) is 0 Å². The number of aryl methyl sites for hydroxylation is 2. The van der Waals surface area contributed by atoms with Crippen molar-refractivity contribution in [2.45, 2.75) is 39.8 Å². The molecule has 2 aromatic rings. The fourth-order valence-corrected chi connectivity index (χ4v) is 3.75. The Bertz CT molecular complexity index is 606. The van der Waals surface area contributed by atoms with Gasteiger partial charge in [-0.05, 0) is 32.9 Å². The molecule has 0 fully saturated rings. The Hall–Kier alpha value is -0.670. The Kier molecular flexibility index (Phi) is 8.34. The average Bonchev–Trinajstić information content (AvgIpc) is 3.03. The summed E-state index contributed by atoms with van der Waals surface area (Å²) in [5.74, 6) is 0.823. The number of thiazole rings is 1. The molecule has 22 heavy (non-hydrogen) atoms. The van der Waals surface area contributed by atoms with Crippen molar-refractivity contribution in [3.63, 3.8) is 0 Å². The number of rotatable bonds is 5. The van der Waals surface area contributed by atoms with Crippen LogP contribution in [-0.2, 0) is 13.0 Å². The molecule has 0 aromatic carbocycles. The van der Waals surface area contributed by atoms with E-state index in [-0.39, 0.29) is 24.0 Å². The molecule has 1 unspecified atom stereocenters. The Balaban J connectivity index is 0.00000242. The Morgan fingerprint density at radius 2 is 2.14 bits per heavy atom. The number of nitrogens with zero attached hydrogens (tertiary/aromatic N) is 2. The summed E-state index contributed by atoms with van der Waals surface area (Å²) in [6, 6.07) is 4.71. The predicted molar refractivity (Wildman–Crippen MR) is 108 cm³/mol. The Morgan fingerprint density at radius 3 is 2.68 bits per heavy atom. The second-order valence-electron chi connectivity index (χ2n) is 5.07. The summed E-state index contributed by atoms with van der Waals surface area (Å²) in [6.45, 7) is 7.04. The van der Waals surface area contributed by atoms with Crippen molar-refractivity contribution in [1.82, 2.24) is 15.6 Å². The maximum Gasteiger partial charge on any atom is 0.191 e. The predicted octanol–water partition coefficient (Wildman–Crippen LogP) is 3.74. The zero-order chi connectivity index (χ0) is 15.2. The van der Waals surface area contributed by atoms with Crippen molar-refractivity contribution >= 4 is 52.6 Å². The minimum Gasteiger partial charge on any atom is -0.354 e. The van der Waals surface area contributed by atoms with Crippen LogP contribution in [0.1, 0.15) is 27.4 Å². The molecule has 0 aliphatic carbocycles. The minimum atomic E-state index is 0. The number of hydrogen-bond donors (Lipinski definition) is 2. The van der Waals surface area contributed by atoms with E-state index in [2.05, 4.69) is 52.0 Å². The minimum absolute atomic E-state index is 0. The van der Waals surface area contributed by atoms with Gasteiger partial charge in [-0.1, -0.05) is 0 Å². The van der Waals surface area contributed by atoms with Gasteiger partial charge < -0.3 is 10.6 Å². The van der Waals surface area contributed by atoms with E-state index in [4.69, 9.17) is 0 Å². The molecule has 2 rings (SSSR count). The zero-order valence-electron chi connectivity index (χ0n) is 13.3. The van der Waals surface area contributed by atoms with E-state index >= 15 is 0 Å². The Labute approximate surface area is 157 Å². The first-order valence-electron chi connectivity index (χ1n) is 7.00. The zero-order valence-corrected chi connectivity index (χ0v) is 17.3. The lowest BCUT2D eigenvalue weighted by Crippen LogP contribution is -2.42. The van der Waals surface area contributed by atoms with Crippen LogP contribution in [0.5, 0.6) is 0 Å². The lowest BCUT2D eigenvalue weighted by atomic mass is 10.2. The highest BCUT2D eigenvalue weighted by Gasteiger charge is 2.08. The van der Waals surface area contributed by atoms with Gasteiger partial charge >= 0.3 is 0 Å². The van der Waals surface area contributed by atoms with Gasteiger partial charge in [0.1, 0.15) is 5.01 Å². The van der Waals surface area contributed by atoms with Gasteiger partial charge in [0, 0.05) is 40.3 Å². The van der Waals surface area contributed by atoms with Crippen LogP contribution in [0.4, 0.5) is 0 Å². The molecule has 2 heterocycles. The maximum absolute atomic E-state index is 4.44. The van der Waals surface area contributed by atoms with Crippen LogP contribution >= 0.6 is 46.7 Å². The van der Waals surface area contributed by atoms with Crippen LogP contribution in [0.2, 0.25) is 0 Å². The molecule has 0 aliphatic heterocycles. The smallest absolute Gasteiger partial charge is 0.191 e. The molecule has 0 saturated heterocycles. The first-order valence-corrected chi connectivity index (χ1v) is 8.70. The molecule has 122 valence electrons. The van der Waals surface area contributed by atoms with Gasteiger partial charge in [0.2, 0.25) is 0 Å². The number of guanidine groups is 1. The van der Waals surface area contributed by atoms with Crippen molar-refractivity contribution in [1.29, 1.82) is 0 Å². The number of hydrogen-bond acceptors (Lipinski definition) is 4. The first kappa shape index (κ1) is 19.4. The highest BCUT2D eigenvalue weighted by Crippen LogP contribution is 2.16. The molecule has 0 aliphatic rings. The number of nitrogens with one attached hydrogen (secondary N) is 2. The van der Waals surface area contributed by atoms with Crippen LogP contribution in [0.15, 0.2) is 22.5 Å². The van der Waals surface area contributed by atoms with Crippen molar-refractivity contribution in [3.05, 3.63) is 38.0 Å². The van der Waals surface area contributed by atoms with Gasteiger partial charge in [-0.25, -0.2) is 4.98 Å². The third kappa shape index (κ3) is 6.21. The molecule has 0 spiro atoms. The van der Waals surface area contributed by atoms with Crippen LogP contribution in [0.3, 0.4) is 0 Å². The second kappa shape index (κ2) is 9.46. The molecule has 1 atom stereocenters. The van der Waals surface area contributed by atoms with Crippen LogP contribution in [0, 0.1) is 13.8 Å². The highest BCUT2D eigenvalue weighted by atomic mass is 127. The molecule has 2 aromatic heterocycles. The number of aromatic nitrogens is 1. The van der Waals surface area contributed by atoms with Crippen molar-refractivity contribution in [3.8, 4) is 0 Å². The lowest BCUT2D eigenvalue weighted by molar-refractivity contribution is 0.644. The molecule has 0 saturated carbocycles. The molecular formula is C15H23IN4S2. The normalized spacial score (nSPS) is 12.6. The van der Waals surface area contributed by atoms with E-state index in [1.165, 1.54) is 9.75 Å². The molecule has 2 N–H and O–H groups in total. The molecular weight excluding hydrogens is 427 g/mol. The largest absolute Gasteiger partial charge is 0.354 e. The summed E-state index contributed by atoms with van der Waals surface area (Å²) < 4.78 is 0. The quantitative estimate of drug-likeness (QED) is 0.415. The van der Waals surface area contributed by atoms with E-state index < -0.39 is 0 Å². The molecule has 0 amide bonds. The summed E-state index contributed by atoms with van der Waals surface area (Å²) in [5.41, 5.74) is 1.07. The molecule has 0 bridgehead atoms. The van der Waals surface area contributed by atoms with Gasteiger partial charge in [0.05, 0.1) is 6.54 Å². The molecule has 0 radical (unpaired) electrons. The number of halogens is 1. The summed E-state index contributed by atoms with van der Waals surface area (Å²) >= 11 is 3.53. The van der Waals surface area contributed by atoms with Gasteiger partial charge in [-0.2, -0.15) is 0 Å². The SMILES string of the molecule is CN=C(NCc1nc(C)cs1)NC(C)Cc1ccc(C)s1.I. The topological polar surface area (TPSA) is 49.3 Å². The van der Waals surface area contributed by atoms with E-state index in [1.54, 1.807) is 18.4 Å². The summed E-state index contributed by atoms with van der Waals surface area (Å²) in [6.07, 6.45) is 1.01. The number of aliphatic imine (C=N–C) groups is 1. The van der Waals surface area contributed by atoms with Gasteiger partial charge in [0.15, 0.2) is 5.96 Å².